The van der Waals surface area contributed by atoms with Crippen LogP contribution in [0.25, 0.3) is 10.1 Å². The van der Waals surface area contributed by atoms with E-state index in [1.54, 1.807) is 24.3 Å². The maximum Gasteiger partial charge on any atom is 0.281 e. The summed E-state index contributed by atoms with van der Waals surface area (Å²) in [5.74, 6) is -0.0573. The van der Waals surface area contributed by atoms with E-state index < -0.39 is 10.8 Å². The molecule has 0 spiro atoms. The number of nitro groups is 1. The van der Waals surface area contributed by atoms with Gasteiger partial charge < -0.3 is 14.8 Å². The van der Waals surface area contributed by atoms with Crippen LogP contribution in [0.2, 0.25) is 0 Å². The van der Waals surface area contributed by atoms with Crippen molar-refractivity contribution in [3.05, 3.63) is 91.3 Å². The topological polar surface area (TPSA) is 132 Å². The van der Waals surface area contributed by atoms with E-state index in [4.69, 9.17) is 9.47 Å². The van der Waals surface area contributed by atoms with Crippen molar-refractivity contribution in [3.8, 4) is 11.5 Å². The molecular weight excluding hydrogens is 576 g/mol. The molecule has 0 unspecified atom stereocenters. The largest absolute Gasteiger partial charge is 0.493 e. The van der Waals surface area contributed by atoms with Crippen molar-refractivity contribution >= 4 is 66.8 Å². The molecule has 0 bridgehead atoms. The molecule has 10 nitrogen and oxygen atoms in total. The van der Waals surface area contributed by atoms with Crippen molar-refractivity contribution in [3.63, 3.8) is 0 Å². The van der Waals surface area contributed by atoms with Gasteiger partial charge in [0.05, 0.1) is 23.1 Å². The van der Waals surface area contributed by atoms with Gasteiger partial charge in [0.2, 0.25) is 0 Å². The number of hydrogen-bond acceptors (Lipinski definition) is 8. The number of nitro benzene ring substituents is 1. The van der Waals surface area contributed by atoms with E-state index in [2.05, 4.69) is 31.8 Å². The third-order valence-corrected chi connectivity index (χ3v) is 7.08. The maximum atomic E-state index is 12.5. The molecule has 0 atom stereocenters. The Morgan fingerprint density at radius 2 is 1.87 bits per heavy atom. The molecule has 0 aliphatic carbocycles. The molecule has 12 heteroatoms. The van der Waals surface area contributed by atoms with Gasteiger partial charge in [0, 0.05) is 37.9 Å². The van der Waals surface area contributed by atoms with Crippen molar-refractivity contribution in [2.45, 2.75) is 6.92 Å². The van der Waals surface area contributed by atoms with Gasteiger partial charge in [-0.15, -0.1) is 11.3 Å². The maximum absolute atomic E-state index is 12.5. The zero-order valence-corrected chi connectivity index (χ0v) is 22.6. The average Bonchev–Trinajstić information content (AvgIpc) is 3.33. The Morgan fingerprint density at radius 3 is 2.58 bits per heavy atom. The number of hydrazone groups is 1. The quantitative estimate of drug-likeness (QED) is 0.145. The Bertz CT molecular complexity index is 1550. The number of rotatable bonds is 9. The number of aryl methyl sites for hydroxylation is 1. The number of benzene rings is 3. The Balaban J connectivity index is 1.39. The molecule has 1 aromatic heterocycles. The van der Waals surface area contributed by atoms with Crippen molar-refractivity contribution in [1.82, 2.24) is 5.43 Å². The van der Waals surface area contributed by atoms with Gasteiger partial charge in [0.15, 0.2) is 18.1 Å². The fraction of sp³-hybridized carbons (Fsp3) is 0.115. The van der Waals surface area contributed by atoms with Gasteiger partial charge in [0.25, 0.3) is 17.5 Å². The lowest BCUT2D eigenvalue weighted by Crippen LogP contribution is -2.20. The monoisotopic (exact) mass is 596 g/mol. The van der Waals surface area contributed by atoms with Crippen LogP contribution in [0.5, 0.6) is 11.5 Å². The molecule has 194 valence electrons. The molecule has 0 saturated heterocycles. The fourth-order valence-corrected chi connectivity index (χ4v) is 4.73. The molecule has 0 aliphatic rings. The summed E-state index contributed by atoms with van der Waals surface area (Å²) in [5, 5.41) is 18.4. The molecule has 2 amide bonds. The van der Waals surface area contributed by atoms with E-state index >= 15 is 0 Å². The van der Waals surface area contributed by atoms with Crippen LogP contribution in [0.4, 0.5) is 11.4 Å². The van der Waals surface area contributed by atoms with E-state index in [-0.39, 0.29) is 18.2 Å². The summed E-state index contributed by atoms with van der Waals surface area (Å²) < 4.78 is 12.4. The minimum atomic E-state index is -0.482. The number of fused-ring (bicyclic) bond motifs is 1. The first-order valence-electron chi connectivity index (χ1n) is 11.1. The SMILES string of the molecule is COc1cc(/C=N\NC(=O)c2cc3cc([N+](=O)[O-])ccc3s2)c(Br)cc1OCC(=O)Nc1ccc(C)cc1. The van der Waals surface area contributed by atoms with Gasteiger partial charge in [-0.05, 0) is 59.3 Å². The first-order chi connectivity index (χ1) is 18.2. The normalized spacial score (nSPS) is 10.9. The van der Waals surface area contributed by atoms with Crippen LogP contribution in [0.15, 0.2) is 70.2 Å². The molecule has 4 rings (SSSR count). The second-order valence-electron chi connectivity index (χ2n) is 8.02. The lowest BCUT2D eigenvalue weighted by molar-refractivity contribution is -0.384. The van der Waals surface area contributed by atoms with Crippen LogP contribution in [-0.2, 0) is 4.79 Å². The third kappa shape index (κ3) is 6.52. The van der Waals surface area contributed by atoms with Gasteiger partial charge in [-0.1, -0.05) is 17.7 Å². The van der Waals surface area contributed by atoms with Crippen LogP contribution < -0.4 is 20.2 Å². The zero-order valence-electron chi connectivity index (χ0n) is 20.2. The predicted octanol–water partition coefficient (Wildman–Crippen LogP) is 5.67. The number of nitrogens with one attached hydrogen (secondary N) is 2. The highest BCUT2D eigenvalue weighted by Crippen LogP contribution is 2.33. The Hall–Kier alpha value is -4.29. The second-order valence-corrected chi connectivity index (χ2v) is 9.95. The van der Waals surface area contributed by atoms with Crippen LogP contribution in [-0.4, -0.2) is 36.7 Å². The average molecular weight is 597 g/mol. The molecular formula is C26H21BrN4O6S. The highest BCUT2D eigenvalue weighted by atomic mass is 79.9. The Labute approximate surface area is 229 Å². The number of hydrogen-bond donors (Lipinski definition) is 2. The Kier molecular flexibility index (Phi) is 8.34. The molecule has 3 aromatic carbocycles. The number of non-ortho nitro benzene ring substituents is 1. The van der Waals surface area contributed by atoms with Crippen LogP contribution >= 0.6 is 27.3 Å². The Morgan fingerprint density at radius 1 is 1.11 bits per heavy atom. The number of methoxy groups -OCH3 is 1. The van der Waals surface area contributed by atoms with Crippen molar-refractivity contribution in [1.29, 1.82) is 0 Å². The number of nitrogens with zero attached hydrogens (tertiary/aromatic N) is 2. The summed E-state index contributed by atoms with van der Waals surface area (Å²) in [6.45, 7) is 1.74. The number of carbonyl (C=O) groups is 2. The van der Waals surface area contributed by atoms with Gasteiger partial charge in [-0.3, -0.25) is 19.7 Å². The lowest BCUT2D eigenvalue weighted by atomic mass is 10.2. The molecule has 0 saturated carbocycles. The highest BCUT2D eigenvalue weighted by Gasteiger charge is 2.14. The molecule has 38 heavy (non-hydrogen) atoms. The number of amides is 2. The molecule has 0 fully saturated rings. The number of ether oxygens (including phenoxy) is 2. The van der Waals surface area contributed by atoms with E-state index in [1.165, 1.54) is 36.8 Å². The number of carbonyl (C=O) groups excluding carboxylic acids is 2. The second kappa shape index (κ2) is 11.8. The summed E-state index contributed by atoms with van der Waals surface area (Å²) in [4.78, 5) is 35.7. The first-order valence-corrected chi connectivity index (χ1v) is 12.7. The van der Waals surface area contributed by atoms with Crippen LogP contribution in [0.3, 0.4) is 0 Å². The first kappa shape index (κ1) is 26.8. The summed E-state index contributed by atoms with van der Waals surface area (Å²) in [6.07, 6.45) is 1.43. The van der Waals surface area contributed by atoms with E-state index in [0.717, 1.165) is 10.3 Å². The molecule has 1 heterocycles. The summed E-state index contributed by atoms with van der Waals surface area (Å²) in [7, 11) is 1.47. The van der Waals surface area contributed by atoms with E-state index in [9.17, 15) is 19.7 Å². The smallest absolute Gasteiger partial charge is 0.281 e. The van der Waals surface area contributed by atoms with Gasteiger partial charge in [0.1, 0.15) is 0 Å². The molecule has 0 radical (unpaired) electrons. The van der Waals surface area contributed by atoms with Gasteiger partial charge in [-0.25, -0.2) is 5.43 Å². The van der Waals surface area contributed by atoms with Crippen LogP contribution in [0, 0.1) is 17.0 Å². The number of anilines is 1. The summed E-state index contributed by atoms with van der Waals surface area (Å²) in [6, 6.07) is 16.7. The number of halogens is 1. The summed E-state index contributed by atoms with van der Waals surface area (Å²) in [5.41, 5.74) is 4.76. The minimum absolute atomic E-state index is 0.0431. The minimum Gasteiger partial charge on any atom is -0.493 e. The number of thiophene rings is 1. The van der Waals surface area contributed by atoms with Crippen LogP contribution in [0.1, 0.15) is 20.8 Å². The molecule has 0 aliphatic heterocycles. The van der Waals surface area contributed by atoms with Crippen molar-refractivity contribution in [2.75, 3.05) is 19.0 Å². The van der Waals surface area contributed by atoms with E-state index in [1.807, 2.05) is 31.2 Å². The van der Waals surface area contributed by atoms with Crippen molar-refractivity contribution < 1.29 is 24.0 Å². The van der Waals surface area contributed by atoms with Gasteiger partial charge in [-0.2, -0.15) is 5.10 Å². The summed E-state index contributed by atoms with van der Waals surface area (Å²) >= 11 is 4.64. The third-order valence-electron chi connectivity index (χ3n) is 5.28. The predicted molar refractivity (Wildman–Crippen MR) is 150 cm³/mol. The molecule has 4 aromatic rings. The van der Waals surface area contributed by atoms with Gasteiger partial charge >= 0.3 is 0 Å². The van der Waals surface area contributed by atoms with E-state index in [0.29, 0.717) is 37.5 Å². The highest BCUT2D eigenvalue weighted by molar-refractivity contribution is 9.10. The zero-order chi connectivity index (χ0) is 27.2. The molecule has 2 N–H and O–H groups in total. The fourth-order valence-electron chi connectivity index (χ4n) is 3.37. The lowest BCUT2D eigenvalue weighted by Gasteiger charge is -2.13. The van der Waals surface area contributed by atoms with Crippen molar-refractivity contribution in [2.24, 2.45) is 5.10 Å². The standard InChI is InChI=1S/C26H21BrN4O6S/c1-15-3-5-18(6-4-15)29-25(32)14-37-22-12-20(27)17(10-21(22)36-2)13-28-30-26(33)24-11-16-9-19(31(34)35)7-8-23(16)38-24/h3-13H,14H2,1-2H3,(H,29,32)(H,30,33)/b28-13-.